The van der Waals surface area contributed by atoms with Crippen LogP contribution in [0.15, 0.2) is 71.6 Å². The lowest BCUT2D eigenvalue weighted by molar-refractivity contribution is -0.120. The molecule has 0 radical (unpaired) electrons. The first kappa shape index (κ1) is 23.0. The number of Topliss-reactive ketones (excluding diaryl/α,β-unsaturated/α-hetero) is 1. The smallest absolute Gasteiger partial charge is 0.231 e. The summed E-state index contributed by atoms with van der Waals surface area (Å²) in [4.78, 5) is 14.6. The summed E-state index contributed by atoms with van der Waals surface area (Å²) in [5.74, 6) is 1.79. The molecular weight excluding hydrogens is 442 g/mol. The number of unbranched alkanes of at least 4 members (excludes halogenated alkanes) is 1. The second kappa shape index (κ2) is 9.85. The molecule has 0 bridgehead atoms. The Morgan fingerprint density at radius 3 is 2.53 bits per heavy atom. The van der Waals surface area contributed by atoms with Crippen LogP contribution in [-0.4, -0.2) is 30.5 Å². The van der Waals surface area contributed by atoms with Gasteiger partial charge in [0, 0.05) is 17.9 Å². The third kappa shape index (κ3) is 4.86. The average molecular weight is 474 g/mol. The molecule has 2 aliphatic rings. The van der Waals surface area contributed by atoms with Gasteiger partial charge in [-0.05, 0) is 84.8 Å². The molecule has 5 heteroatoms. The van der Waals surface area contributed by atoms with Crippen molar-refractivity contribution in [2.24, 2.45) is 0 Å². The summed E-state index contributed by atoms with van der Waals surface area (Å²) in [7, 11) is 2.14. The second-order valence-electron chi connectivity index (χ2n) is 9.27. The van der Waals surface area contributed by atoms with Crippen molar-refractivity contribution in [2.45, 2.75) is 49.3 Å². The molecule has 1 saturated carbocycles. The molecule has 1 aliphatic carbocycles. The van der Waals surface area contributed by atoms with E-state index in [1.54, 1.807) is 11.9 Å². The van der Waals surface area contributed by atoms with E-state index in [1.807, 2.05) is 18.2 Å². The minimum absolute atomic E-state index is 0.252. The SMILES string of the molecule is CCCCN(C)Sc1ccc(-c2cccc(CC(=O)C3(c4ccc5c(c4)OCO5)CC3)c2)cc1. The number of hydrogen-bond acceptors (Lipinski definition) is 5. The molecule has 3 aromatic carbocycles. The monoisotopic (exact) mass is 473 g/mol. The lowest BCUT2D eigenvalue weighted by Crippen LogP contribution is -2.22. The van der Waals surface area contributed by atoms with Gasteiger partial charge in [0.1, 0.15) is 5.78 Å². The van der Waals surface area contributed by atoms with Gasteiger partial charge in [0.15, 0.2) is 11.5 Å². The van der Waals surface area contributed by atoms with E-state index in [2.05, 4.69) is 66.8 Å². The van der Waals surface area contributed by atoms with E-state index in [4.69, 9.17) is 9.47 Å². The summed E-state index contributed by atoms with van der Waals surface area (Å²) >= 11 is 1.79. The Morgan fingerprint density at radius 1 is 0.971 bits per heavy atom. The van der Waals surface area contributed by atoms with Gasteiger partial charge in [0.05, 0.1) is 5.41 Å². The third-order valence-corrected chi connectivity index (χ3v) is 7.75. The van der Waals surface area contributed by atoms with Gasteiger partial charge in [-0.15, -0.1) is 0 Å². The lowest BCUT2D eigenvalue weighted by atomic mass is 9.87. The zero-order valence-electron chi connectivity index (χ0n) is 19.9. The molecule has 0 spiro atoms. The molecule has 1 heterocycles. The standard InChI is InChI=1S/C29H31NO3S/c1-3-4-16-30(2)34-25-11-8-22(9-12-25)23-7-5-6-21(17-23)18-28(31)29(14-15-29)24-10-13-26-27(19-24)33-20-32-26/h5-13,17,19H,3-4,14-16,18,20H2,1-2H3. The van der Waals surface area contributed by atoms with Gasteiger partial charge in [0.25, 0.3) is 0 Å². The van der Waals surface area contributed by atoms with E-state index in [-0.39, 0.29) is 18.0 Å². The highest BCUT2D eigenvalue weighted by molar-refractivity contribution is 7.97. The van der Waals surface area contributed by atoms with Crippen LogP contribution in [0.25, 0.3) is 11.1 Å². The molecule has 34 heavy (non-hydrogen) atoms. The average Bonchev–Trinajstić information content (AvgIpc) is 3.54. The van der Waals surface area contributed by atoms with Crippen molar-refractivity contribution in [3.8, 4) is 22.6 Å². The summed E-state index contributed by atoms with van der Waals surface area (Å²) in [6, 6.07) is 23.0. The van der Waals surface area contributed by atoms with Crippen molar-refractivity contribution in [3.63, 3.8) is 0 Å². The van der Waals surface area contributed by atoms with Gasteiger partial charge in [-0.3, -0.25) is 4.79 Å². The van der Waals surface area contributed by atoms with E-state index in [0.29, 0.717) is 6.42 Å². The molecule has 1 aliphatic heterocycles. The number of carbonyl (C=O) groups excluding carboxylic acids is 1. The molecule has 1 fully saturated rings. The summed E-state index contributed by atoms with van der Waals surface area (Å²) in [5.41, 5.74) is 4.06. The topological polar surface area (TPSA) is 38.8 Å². The zero-order valence-corrected chi connectivity index (χ0v) is 20.7. The molecule has 0 amide bonds. The lowest BCUT2D eigenvalue weighted by Gasteiger charge is -2.16. The largest absolute Gasteiger partial charge is 0.454 e. The quantitative estimate of drug-likeness (QED) is 0.308. The normalized spacial score (nSPS) is 15.5. The highest BCUT2D eigenvalue weighted by atomic mass is 32.2. The maximum Gasteiger partial charge on any atom is 0.231 e. The van der Waals surface area contributed by atoms with Crippen LogP contribution in [0.1, 0.15) is 43.7 Å². The van der Waals surface area contributed by atoms with Crippen LogP contribution in [0.5, 0.6) is 11.5 Å². The summed E-state index contributed by atoms with van der Waals surface area (Å²) in [5, 5.41) is 0. The van der Waals surface area contributed by atoms with Crippen molar-refractivity contribution in [3.05, 3.63) is 77.9 Å². The maximum absolute atomic E-state index is 13.4. The van der Waals surface area contributed by atoms with Crippen LogP contribution < -0.4 is 9.47 Å². The molecule has 3 aromatic rings. The van der Waals surface area contributed by atoms with Crippen molar-refractivity contribution >= 4 is 17.7 Å². The van der Waals surface area contributed by atoms with E-state index < -0.39 is 0 Å². The number of nitrogens with zero attached hydrogens (tertiary/aromatic N) is 1. The van der Waals surface area contributed by atoms with E-state index in [0.717, 1.165) is 47.6 Å². The molecule has 0 unspecified atom stereocenters. The van der Waals surface area contributed by atoms with Gasteiger partial charge in [-0.25, -0.2) is 4.31 Å². The van der Waals surface area contributed by atoms with Gasteiger partial charge in [-0.2, -0.15) is 0 Å². The number of hydrogen-bond donors (Lipinski definition) is 0. The summed E-state index contributed by atoms with van der Waals surface area (Å²) in [6.45, 7) is 3.56. The van der Waals surface area contributed by atoms with Crippen LogP contribution in [0.4, 0.5) is 0 Å². The van der Waals surface area contributed by atoms with Crippen molar-refractivity contribution in [1.29, 1.82) is 0 Å². The fourth-order valence-corrected chi connectivity index (χ4v) is 5.42. The molecule has 176 valence electrons. The molecular formula is C29H31NO3S. The predicted molar refractivity (Wildman–Crippen MR) is 137 cm³/mol. The molecule has 4 nitrogen and oxygen atoms in total. The summed E-state index contributed by atoms with van der Waals surface area (Å²) < 4.78 is 13.3. The number of fused-ring (bicyclic) bond motifs is 1. The van der Waals surface area contributed by atoms with Crippen molar-refractivity contribution < 1.29 is 14.3 Å². The fourth-order valence-electron chi connectivity index (χ4n) is 4.58. The number of benzene rings is 3. The van der Waals surface area contributed by atoms with Crippen LogP contribution in [0.3, 0.4) is 0 Å². The van der Waals surface area contributed by atoms with Gasteiger partial charge < -0.3 is 9.47 Å². The third-order valence-electron chi connectivity index (χ3n) is 6.78. The second-order valence-corrected chi connectivity index (χ2v) is 10.5. The number of ketones is 1. The van der Waals surface area contributed by atoms with Gasteiger partial charge >= 0.3 is 0 Å². The van der Waals surface area contributed by atoms with Crippen molar-refractivity contribution in [2.75, 3.05) is 20.4 Å². The summed E-state index contributed by atoms with van der Waals surface area (Å²) in [6.07, 6.45) is 4.66. The predicted octanol–water partition coefficient (Wildman–Crippen LogP) is 6.66. The zero-order chi connectivity index (χ0) is 23.5. The van der Waals surface area contributed by atoms with Crippen LogP contribution >= 0.6 is 11.9 Å². The van der Waals surface area contributed by atoms with E-state index in [1.165, 1.54) is 23.3 Å². The first-order valence-corrected chi connectivity index (χ1v) is 12.9. The van der Waals surface area contributed by atoms with Gasteiger partial charge in [-0.1, -0.05) is 55.8 Å². The Hall–Kier alpha value is -2.76. The fraction of sp³-hybridized carbons (Fsp3) is 0.345. The molecule has 0 atom stereocenters. The Labute approximate surface area is 206 Å². The number of rotatable bonds is 10. The highest BCUT2D eigenvalue weighted by Crippen LogP contribution is 2.51. The maximum atomic E-state index is 13.4. The Bertz CT molecular complexity index is 1170. The van der Waals surface area contributed by atoms with Crippen LogP contribution in [0.2, 0.25) is 0 Å². The van der Waals surface area contributed by atoms with Gasteiger partial charge in [0.2, 0.25) is 6.79 Å². The molecule has 0 saturated heterocycles. The van der Waals surface area contributed by atoms with Crippen molar-refractivity contribution in [1.82, 2.24) is 4.31 Å². The van der Waals surface area contributed by atoms with Crippen LogP contribution in [-0.2, 0) is 16.6 Å². The van der Waals surface area contributed by atoms with E-state index >= 15 is 0 Å². The van der Waals surface area contributed by atoms with E-state index in [9.17, 15) is 4.79 Å². The Balaban J connectivity index is 1.27. The molecule has 5 rings (SSSR count). The minimum Gasteiger partial charge on any atom is -0.454 e. The highest BCUT2D eigenvalue weighted by Gasteiger charge is 2.50. The molecule has 0 aromatic heterocycles. The first-order chi connectivity index (χ1) is 16.6. The number of ether oxygens (including phenoxy) is 2. The first-order valence-electron chi connectivity index (χ1n) is 12.1. The Kier molecular flexibility index (Phi) is 6.66. The number of carbonyl (C=O) groups is 1. The minimum atomic E-state index is -0.375. The van der Waals surface area contributed by atoms with Crippen LogP contribution in [0, 0.1) is 0 Å². The molecule has 0 N–H and O–H groups in total. The Morgan fingerprint density at radius 2 is 1.76 bits per heavy atom.